The average Bonchev–Trinajstić information content (AvgIpc) is 2.81. The summed E-state index contributed by atoms with van der Waals surface area (Å²) in [5, 5.41) is 12.5. The Hall–Kier alpha value is -1.58. The fraction of sp³-hybridized carbons (Fsp3) is 0.571. The largest absolute Gasteiger partial charge is 0.478 e. The first-order valence-electron chi connectivity index (χ1n) is 6.58. The SMILES string of the molecule is CC(C)c1cc(C(=O)O)cc(NC2CCCC2)n1. The molecule has 1 aromatic heterocycles. The maximum atomic E-state index is 11.1. The molecule has 0 radical (unpaired) electrons. The Morgan fingerprint density at radius 2 is 2.06 bits per heavy atom. The standard InChI is InChI=1S/C14H20N2O2/c1-9(2)12-7-10(14(17)18)8-13(16-12)15-11-5-3-4-6-11/h7-9,11H,3-6H2,1-2H3,(H,15,16)(H,17,18). The highest BCUT2D eigenvalue weighted by atomic mass is 16.4. The molecule has 2 N–H and O–H groups in total. The van der Waals surface area contributed by atoms with Crippen LogP contribution in [-0.2, 0) is 0 Å². The summed E-state index contributed by atoms with van der Waals surface area (Å²) in [6.45, 7) is 4.04. The van der Waals surface area contributed by atoms with E-state index in [9.17, 15) is 4.79 Å². The minimum absolute atomic E-state index is 0.230. The summed E-state index contributed by atoms with van der Waals surface area (Å²) in [7, 11) is 0. The minimum atomic E-state index is -0.895. The summed E-state index contributed by atoms with van der Waals surface area (Å²) in [5.41, 5.74) is 1.14. The molecule has 18 heavy (non-hydrogen) atoms. The van der Waals surface area contributed by atoms with Gasteiger partial charge in [0.2, 0.25) is 0 Å². The molecule has 1 fully saturated rings. The van der Waals surface area contributed by atoms with Crippen molar-refractivity contribution in [3.05, 3.63) is 23.4 Å². The van der Waals surface area contributed by atoms with Gasteiger partial charge in [-0.05, 0) is 30.9 Å². The fourth-order valence-corrected chi connectivity index (χ4v) is 2.32. The van der Waals surface area contributed by atoms with Crippen LogP contribution in [0.5, 0.6) is 0 Å². The number of anilines is 1. The van der Waals surface area contributed by atoms with Crippen molar-refractivity contribution in [2.24, 2.45) is 0 Å². The number of aromatic carboxylic acids is 1. The molecule has 1 aliphatic carbocycles. The third kappa shape index (κ3) is 3.00. The minimum Gasteiger partial charge on any atom is -0.478 e. The van der Waals surface area contributed by atoms with Crippen LogP contribution in [0.4, 0.5) is 5.82 Å². The molecule has 1 aromatic rings. The van der Waals surface area contributed by atoms with Crippen LogP contribution in [0.1, 0.15) is 61.5 Å². The number of nitrogens with zero attached hydrogens (tertiary/aromatic N) is 1. The zero-order valence-corrected chi connectivity index (χ0v) is 10.9. The molecular formula is C14H20N2O2. The predicted molar refractivity (Wildman–Crippen MR) is 71.2 cm³/mol. The molecule has 0 aromatic carbocycles. The van der Waals surface area contributed by atoms with E-state index in [2.05, 4.69) is 10.3 Å². The van der Waals surface area contributed by atoms with Crippen molar-refractivity contribution in [1.29, 1.82) is 0 Å². The van der Waals surface area contributed by atoms with Crippen molar-refractivity contribution in [3.63, 3.8) is 0 Å². The number of hydrogen-bond donors (Lipinski definition) is 2. The lowest BCUT2D eigenvalue weighted by molar-refractivity contribution is 0.0696. The predicted octanol–water partition coefficient (Wildman–Crippen LogP) is 3.26. The highest BCUT2D eigenvalue weighted by Gasteiger charge is 2.17. The second kappa shape index (κ2) is 5.38. The van der Waals surface area contributed by atoms with Crippen molar-refractivity contribution in [1.82, 2.24) is 4.98 Å². The van der Waals surface area contributed by atoms with Gasteiger partial charge in [0.05, 0.1) is 5.56 Å². The molecule has 4 heteroatoms. The third-order valence-corrected chi connectivity index (χ3v) is 3.39. The average molecular weight is 248 g/mol. The molecule has 1 heterocycles. The summed E-state index contributed by atoms with van der Waals surface area (Å²) in [5.74, 6) is 0.0349. The summed E-state index contributed by atoms with van der Waals surface area (Å²) >= 11 is 0. The summed E-state index contributed by atoms with van der Waals surface area (Å²) in [6.07, 6.45) is 4.78. The third-order valence-electron chi connectivity index (χ3n) is 3.39. The maximum absolute atomic E-state index is 11.1. The first-order chi connectivity index (χ1) is 8.56. The van der Waals surface area contributed by atoms with Gasteiger partial charge in [0.1, 0.15) is 5.82 Å². The van der Waals surface area contributed by atoms with Gasteiger partial charge in [0, 0.05) is 11.7 Å². The summed E-state index contributed by atoms with van der Waals surface area (Å²) in [6, 6.07) is 3.74. The molecule has 0 unspecified atom stereocenters. The Labute approximate surface area is 107 Å². The molecule has 0 saturated heterocycles. The highest BCUT2D eigenvalue weighted by molar-refractivity contribution is 5.88. The van der Waals surface area contributed by atoms with E-state index < -0.39 is 5.97 Å². The molecule has 2 rings (SSSR count). The van der Waals surface area contributed by atoms with E-state index in [0.29, 0.717) is 17.4 Å². The zero-order valence-electron chi connectivity index (χ0n) is 10.9. The topological polar surface area (TPSA) is 62.2 Å². The van der Waals surface area contributed by atoms with Crippen LogP contribution in [0.3, 0.4) is 0 Å². The molecule has 0 spiro atoms. The lowest BCUT2D eigenvalue weighted by Crippen LogP contribution is -2.17. The number of hydrogen-bond acceptors (Lipinski definition) is 3. The molecule has 0 atom stereocenters. The summed E-state index contributed by atoms with van der Waals surface area (Å²) in [4.78, 5) is 15.6. The quantitative estimate of drug-likeness (QED) is 0.858. The van der Waals surface area contributed by atoms with E-state index in [1.54, 1.807) is 12.1 Å². The van der Waals surface area contributed by atoms with E-state index >= 15 is 0 Å². The van der Waals surface area contributed by atoms with Gasteiger partial charge >= 0.3 is 5.97 Å². The van der Waals surface area contributed by atoms with Crippen LogP contribution >= 0.6 is 0 Å². The summed E-state index contributed by atoms with van der Waals surface area (Å²) < 4.78 is 0. The second-order valence-electron chi connectivity index (χ2n) is 5.25. The van der Waals surface area contributed by atoms with Crippen LogP contribution in [0, 0.1) is 0 Å². The molecular weight excluding hydrogens is 228 g/mol. The number of carboxylic acid groups (broad SMARTS) is 1. The van der Waals surface area contributed by atoms with Gasteiger partial charge in [0.15, 0.2) is 0 Å². The van der Waals surface area contributed by atoms with E-state index in [1.165, 1.54) is 12.8 Å². The number of nitrogens with one attached hydrogen (secondary N) is 1. The molecule has 0 bridgehead atoms. The number of rotatable bonds is 4. The van der Waals surface area contributed by atoms with Crippen molar-refractivity contribution >= 4 is 11.8 Å². The smallest absolute Gasteiger partial charge is 0.335 e. The number of pyridine rings is 1. The highest BCUT2D eigenvalue weighted by Crippen LogP contribution is 2.23. The van der Waals surface area contributed by atoms with Crippen LogP contribution in [0.15, 0.2) is 12.1 Å². The Morgan fingerprint density at radius 1 is 1.39 bits per heavy atom. The van der Waals surface area contributed by atoms with Gasteiger partial charge in [-0.3, -0.25) is 0 Å². The molecule has 0 aliphatic heterocycles. The van der Waals surface area contributed by atoms with Gasteiger partial charge < -0.3 is 10.4 Å². The second-order valence-corrected chi connectivity index (χ2v) is 5.25. The van der Waals surface area contributed by atoms with Crippen LogP contribution in [0.25, 0.3) is 0 Å². The van der Waals surface area contributed by atoms with Crippen LogP contribution in [0.2, 0.25) is 0 Å². The number of carbonyl (C=O) groups is 1. The van der Waals surface area contributed by atoms with Crippen molar-refractivity contribution in [3.8, 4) is 0 Å². The fourth-order valence-electron chi connectivity index (χ4n) is 2.32. The van der Waals surface area contributed by atoms with Crippen LogP contribution < -0.4 is 5.32 Å². The molecule has 4 nitrogen and oxygen atoms in total. The van der Waals surface area contributed by atoms with Crippen molar-refractivity contribution in [2.45, 2.75) is 51.5 Å². The van der Waals surface area contributed by atoms with E-state index in [4.69, 9.17) is 5.11 Å². The van der Waals surface area contributed by atoms with Gasteiger partial charge in [-0.15, -0.1) is 0 Å². The zero-order chi connectivity index (χ0) is 13.1. The van der Waals surface area contributed by atoms with Gasteiger partial charge in [-0.2, -0.15) is 0 Å². The Balaban J connectivity index is 2.24. The monoisotopic (exact) mass is 248 g/mol. The maximum Gasteiger partial charge on any atom is 0.335 e. The Bertz CT molecular complexity index is 437. The molecule has 1 aliphatic rings. The Morgan fingerprint density at radius 3 is 2.61 bits per heavy atom. The first kappa shape index (κ1) is 12.9. The molecule has 1 saturated carbocycles. The molecule has 98 valence electrons. The van der Waals surface area contributed by atoms with Crippen LogP contribution in [-0.4, -0.2) is 22.1 Å². The van der Waals surface area contributed by atoms with Gasteiger partial charge in [0.25, 0.3) is 0 Å². The lowest BCUT2D eigenvalue weighted by Gasteiger charge is -2.15. The van der Waals surface area contributed by atoms with E-state index in [0.717, 1.165) is 18.5 Å². The van der Waals surface area contributed by atoms with Crippen molar-refractivity contribution in [2.75, 3.05) is 5.32 Å². The van der Waals surface area contributed by atoms with Crippen molar-refractivity contribution < 1.29 is 9.90 Å². The Kier molecular flexibility index (Phi) is 3.84. The number of aromatic nitrogens is 1. The lowest BCUT2D eigenvalue weighted by atomic mass is 10.1. The van der Waals surface area contributed by atoms with Gasteiger partial charge in [-0.1, -0.05) is 26.7 Å². The first-order valence-corrected chi connectivity index (χ1v) is 6.58. The normalized spacial score (nSPS) is 16.2. The van der Waals surface area contributed by atoms with Gasteiger partial charge in [-0.25, -0.2) is 9.78 Å². The molecule has 0 amide bonds. The van der Waals surface area contributed by atoms with E-state index in [-0.39, 0.29) is 5.92 Å². The number of carboxylic acids is 1. The van der Waals surface area contributed by atoms with E-state index in [1.807, 2.05) is 13.8 Å².